The van der Waals surface area contributed by atoms with Crippen molar-refractivity contribution in [3.05, 3.63) is 42.0 Å². The molecule has 0 spiro atoms. The van der Waals surface area contributed by atoms with E-state index in [9.17, 15) is 18.0 Å². The van der Waals surface area contributed by atoms with Gasteiger partial charge in [0, 0.05) is 24.8 Å². The standard InChI is InChI=1S/C23H29N3O7S/c1-31-19-9-6-16(14-21(19)33-3)10-11-24-22(27)23(28)25-17-7-8-18(20(15-17)32-2)26-12-4-5-13-34(26,29)30/h6-9,14-15H,4-5,10-13H2,1-3H3,(H,24,27)(H,25,28). The van der Waals surface area contributed by atoms with Crippen LogP contribution in [0.2, 0.25) is 0 Å². The number of sulfonamides is 1. The van der Waals surface area contributed by atoms with Crippen molar-refractivity contribution in [2.75, 3.05) is 49.8 Å². The van der Waals surface area contributed by atoms with E-state index in [0.717, 1.165) is 12.0 Å². The number of hydrogen-bond donors (Lipinski definition) is 2. The molecular formula is C23H29N3O7S. The molecule has 0 aromatic heterocycles. The fourth-order valence-electron chi connectivity index (χ4n) is 3.65. The molecule has 34 heavy (non-hydrogen) atoms. The molecule has 2 amide bonds. The van der Waals surface area contributed by atoms with Crippen LogP contribution in [0, 0.1) is 0 Å². The Morgan fingerprint density at radius 1 is 0.912 bits per heavy atom. The SMILES string of the molecule is COc1ccc(CCNC(=O)C(=O)Nc2ccc(N3CCCCS3(=O)=O)c(OC)c2)cc1OC. The Bertz CT molecular complexity index is 1150. The van der Waals surface area contributed by atoms with E-state index in [1.807, 2.05) is 6.07 Å². The molecule has 0 radical (unpaired) electrons. The second-order valence-electron chi connectivity index (χ2n) is 7.63. The average molecular weight is 492 g/mol. The Morgan fingerprint density at radius 2 is 1.65 bits per heavy atom. The van der Waals surface area contributed by atoms with Crippen LogP contribution in [0.15, 0.2) is 36.4 Å². The number of anilines is 2. The van der Waals surface area contributed by atoms with E-state index in [-0.39, 0.29) is 18.0 Å². The summed E-state index contributed by atoms with van der Waals surface area (Å²) in [5.41, 5.74) is 1.63. The molecule has 1 saturated heterocycles. The van der Waals surface area contributed by atoms with Crippen LogP contribution in [-0.2, 0) is 26.0 Å². The van der Waals surface area contributed by atoms with E-state index in [1.54, 1.807) is 32.4 Å². The van der Waals surface area contributed by atoms with E-state index in [0.29, 0.717) is 42.3 Å². The highest BCUT2D eigenvalue weighted by Gasteiger charge is 2.28. The highest BCUT2D eigenvalue weighted by molar-refractivity contribution is 7.92. The molecule has 1 aliphatic heterocycles. The van der Waals surface area contributed by atoms with Gasteiger partial charge in [-0.3, -0.25) is 13.9 Å². The van der Waals surface area contributed by atoms with Crippen molar-refractivity contribution >= 4 is 33.2 Å². The number of nitrogens with zero attached hydrogens (tertiary/aromatic N) is 1. The lowest BCUT2D eigenvalue weighted by molar-refractivity contribution is -0.136. The van der Waals surface area contributed by atoms with Gasteiger partial charge in [0.05, 0.1) is 32.8 Å². The summed E-state index contributed by atoms with van der Waals surface area (Å²) >= 11 is 0. The summed E-state index contributed by atoms with van der Waals surface area (Å²) in [6.45, 7) is 0.615. The molecular weight excluding hydrogens is 462 g/mol. The van der Waals surface area contributed by atoms with Crippen molar-refractivity contribution in [1.29, 1.82) is 0 Å². The molecule has 0 saturated carbocycles. The number of nitrogens with one attached hydrogen (secondary N) is 2. The van der Waals surface area contributed by atoms with Crippen LogP contribution in [-0.4, -0.2) is 60.4 Å². The largest absolute Gasteiger partial charge is 0.494 e. The van der Waals surface area contributed by atoms with Crippen LogP contribution in [0.25, 0.3) is 0 Å². The third kappa shape index (κ3) is 5.90. The molecule has 1 heterocycles. The minimum absolute atomic E-state index is 0.0815. The molecule has 0 bridgehead atoms. The van der Waals surface area contributed by atoms with Crippen LogP contribution in [0.1, 0.15) is 18.4 Å². The first-order chi connectivity index (χ1) is 16.3. The van der Waals surface area contributed by atoms with Crippen molar-refractivity contribution in [1.82, 2.24) is 5.32 Å². The summed E-state index contributed by atoms with van der Waals surface area (Å²) in [6.07, 6.45) is 1.87. The first-order valence-electron chi connectivity index (χ1n) is 10.8. The molecule has 184 valence electrons. The maximum absolute atomic E-state index is 12.4. The number of benzene rings is 2. The van der Waals surface area contributed by atoms with Gasteiger partial charge in [-0.05, 0) is 49.1 Å². The molecule has 0 unspecified atom stereocenters. The topological polar surface area (TPSA) is 123 Å². The first kappa shape index (κ1) is 25.2. The Kier molecular flexibility index (Phi) is 8.21. The lowest BCUT2D eigenvalue weighted by atomic mass is 10.1. The predicted molar refractivity (Wildman–Crippen MR) is 128 cm³/mol. The van der Waals surface area contributed by atoms with Crippen LogP contribution < -0.4 is 29.1 Å². The van der Waals surface area contributed by atoms with Crippen molar-refractivity contribution < 1.29 is 32.2 Å². The van der Waals surface area contributed by atoms with E-state index in [2.05, 4.69) is 10.6 Å². The van der Waals surface area contributed by atoms with Crippen molar-refractivity contribution in [3.8, 4) is 17.2 Å². The number of carbonyl (C=O) groups excluding carboxylic acids is 2. The number of ether oxygens (including phenoxy) is 3. The molecule has 0 atom stereocenters. The summed E-state index contributed by atoms with van der Waals surface area (Å²) in [6, 6.07) is 10.0. The van der Waals surface area contributed by atoms with E-state index in [4.69, 9.17) is 14.2 Å². The lowest BCUT2D eigenvalue weighted by Crippen LogP contribution is -2.38. The second-order valence-corrected chi connectivity index (χ2v) is 9.64. The van der Waals surface area contributed by atoms with Crippen LogP contribution in [0.4, 0.5) is 11.4 Å². The minimum atomic E-state index is -3.41. The zero-order chi connectivity index (χ0) is 24.7. The van der Waals surface area contributed by atoms with Gasteiger partial charge in [0.1, 0.15) is 5.75 Å². The maximum Gasteiger partial charge on any atom is 0.313 e. The summed E-state index contributed by atoms with van der Waals surface area (Å²) in [5.74, 6) is -0.0715. The highest BCUT2D eigenvalue weighted by Crippen LogP contribution is 2.34. The van der Waals surface area contributed by atoms with Crippen molar-refractivity contribution in [2.45, 2.75) is 19.3 Å². The molecule has 11 heteroatoms. The van der Waals surface area contributed by atoms with Gasteiger partial charge in [-0.15, -0.1) is 0 Å². The molecule has 1 fully saturated rings. The Morgan fingerprint density at radius 3 is 2.32 bits per heavy atom. The molecule has 0 aliphatic carbocycles. The number of methoxy groups -OCH3 is 3. The molecule has 1 aliphatic rings. The molecule has 2 aromatic carbocycles. The Balaban J connectivity index is 1.59. The lowest BCUT2D eigenvalue weighted by Gasteiger charge is -2.29. The molecule has 3 rings (SSSR count). The van der Waals surface area contributed by atoms with Crippen LogP contribution in [0.3, 0.4) is 0 Å². The van der Waals surface area contributed by atoms with Gasteiger partial charge in [-0.2, -0.15) is 0 Å². The van der Waals surface area contributed by atoms with E-state index < -0.39 is 21.8 Å². The fourth-order valence-corrected chi connectivity index (χ4v) is 5.29. The van der Waals surface area contributed by atoms with Gasteiger partial charge < -0.3 is 24.8 Å². The van der Waals surface area contributed by atoms with Crippen LogP contribution >= 0.6 is 0 Å². The van der Waals surface area contributed by atoms with Crippen LogP contribution in [0.5, 0.6) is 17.2 Å². The number of rotatable bonds is 8. The van der Waals surface area contributed by atoms with E-state index >= 15 is 0 Å². The zero-order valence-corrected chi connectivity index (χ0v) is 20.2. The Labute approximate surface area is 199 Å². The fraction of sp³-hybridized carbons (Fsp3) is 0.391. The van der Waals surface area contributed by atoms with Gasteiger partial charge in [0.15, 0.2) is 11.5 Å². The zero-order valence-electron chi connectivity index (χ0n) is 19.4. The van der Waals surface area contributed by atoms with E-state index in [1.165, 1.54) is 23.5 Å². The van der Waals surface area contributed by atoms with Gasteiger partial charge >= 0.3 is 11.8 Å². The van der Waals surface area contributed by atoms with Crippen molar-refractivity contribution in [3.63, 3.8) is 0 Å². The smallest absolute Gasteiger partial charge is 0.313 e. The maximum atomic E-state index is 12.4. The predicted octanol–water partition coefficient (Wildman–Crippen LogP) is 1.94. The normalized spacial score (nSPS) is 14.7. The van der Waals surface area contributed by atoms with Gasteiger partial charge in [0.2, 0.25) is 10.0 Å². The monoisotopic (exact) mass is 491 g/mol. The van der Waals surface area contributed by atoms with Gasteiger partial charge in [-0.1, -0.05) is 6.07 Å². The minimum Gasteiger partial charge on any atom is -0.494 e. The molecule has 2 aromatic rings. The number of hydrogen-bond acceptors (Lipinski definition) is 7. The Hall–Kier alpha value is -3.47. The first-order valence-corrected chi connectivity index (χ1v) is 12.4. The van der Waals surface area contributed by atoms with Crippen molar-refractivity contribution in [2.24, 2.45) is 0 Å². The summed E-state index contributed by atoms with van der Waals surface area (Å²) < 4.78 is 41.9. The quantitative estimate of drug-likeness (QED) is 0.541. The summed E-state index contributed by atoms with van der Waals surface area (Å²) in [5, 5.41) is 5.09. The van der Waals surface area contributed by atoms with Gasteiger partial charge in [-0.25, -0.2) is 8.42 Å². The average Bonchev–Trinajstić information content (AvgIpc) is 2.83. The molecule has 2 N–H and O–H groups in total. The number of amides is 2. The third-order valence-electron chi connectivity index (χ3n) is 5.41. The summed E-state index contributed by atoms with van der Waals surface area (Å²) in [7, 11) is 1.10. The summed E-state index contributed by atoms with van der Waals surface area (Å²) in [4.78, 5) is 24.5. The number of carbonyl (C=O) groups is 2. The van der Waals surface area contributed by atoms with Gasteiger partial charge in [0.25, 0.3) is 0 Å². The third-order valence-corrected chi connectivity index (χ3v) is 7.26. The molecule has 10 nitrogen and oxygen atoms in total. The highest BCUT2D eigenvalue weighted by atomic mass is 32.2. The second kappa shape index (κ2) is 11.1.